The van der Waals surface area contributed by atoms with Crippen LogP contribution in [0.15, 0.2) is 29.6 Å². The molecule has 124 valence electrons. The summed E-state index contributed by atoms with van der Waals surface area (Å²) in [5.74, 6) is -0.0951. The number of nitrogens with one attached hydrogen (secondary N) is 1. The average Bonchev–Trinajstić information content (AvgIpc) is 2.90. The highest BCUT2D eigenvalue weighted by molar-refractivity contribution is 7.13. The van der Waals surface area contributed by atoms with Gasteiger partial charge in [0.05, 0.1) is 11.3 Å². The second-order valence-electron chi connectivity index (χ2n) is 6.19. The molecule has 0 spiro atoms. The zero-order chi connectivity index (χ0) is 16.9. The summed E-state index contributed by atoms with van der Waals surface area (Å²) in [7, 11) is 0. The molecule has 4 N–H and O–H groups in total. The van der Waals surface area contributed by atoms with Crippen molar-refractivity contribution in [1.29, 1.82) is 0 Å². The maximum absolute atomic E-state index is 12.1. The fraction of sp³-hybridized carbons (Fsp3) is 0.412. The van der Waals surface area contributed by atoms with Crippen LogP contribution >= 0.6 is 11.3 Å². The molecule has 1 heterocycles. The van der Waals surface area contributed by atoms with Gasteiger partial charge in [0, 0.05) is 23.9 Å². The number of benzene rings is 1. The van der Waals surface area contributed by atoms with E-state index in [9.17, 15) is 9.90 Å². The van der Waals surface area contributed by atoms with Crippen LogP contribution in [0.3, 0.4) is 0 Å². The van der Waals surface area contributed by atoms with Gasteiger partial charge in [-0.2, -0.15) is 0 Å². The Kier molecular flexibility index (Phi) is 5.74. The van der Waals surface area contributed by atoms with Gasteiger partial charge in [0.15, 0.2) is 5.13 Å². The molecule has 0 bridgehead atoms. The largest absolute Gasteiger partial charge is 0.390 e. The van der Waals surface area contributed by atoms with Crippen LogP contribution in [0, 0.1) is 0 Å². The molecule has 0 aliphatic heterocycles. The molecule has 0 unspecified atom stereocenters. The summed E-state index contributed by atoms with van der Waals surface area (Å²) < 4.78 is 0. The number of carbonyl (C=O) groups is 1. The molecular formula is C17H23N3O2S. The van der Waals surface area contributed by atoms with Crippen LogP contribution in [-0.2, 0) is 12.8 Å². The molecule has 0 saturated carbocycles. The Bertz CT molecular complexity index is 645. The second kappa shape index (κ2) is 7.57. The fourth-order valence-corrected chi connectivity index (χ4v) is 2.71. The smallest absolute Gasteiger partial charge is 0.251 e. The first-order valence-electron chi connectivity index (χ1n) is 7.63. The van der Waals surface area contributed by atoms with Crippen molar-refractivity contribution in [3.8, 4) is 0 Å². The van der Waals surface area contributed by atoms with Crippen LogP contribution in [-0.4, -0.2) is 28.1 Å². The third-order valence-corrected chi connectivity index (χ3v) is 4.20. The van der Waals surface area contributed by atoms with Crippen molar-refractivity contribution in [3.05, 3.63) is 46.5 Å². The van der Waals surface area contributed by atoms with Gasteiger partial charge in [-0.15, -0.1) is 11.3 Å². The number of nitrogens with two attached hydrogens (primary N) is 1. The summed E-state index contributed by atoms with van der Waals surface area (Å²) in [4.78, 5) is 16.2. The Labute approximate surface area is 140 Å². The molecule has 0 radical (unpaired) electrons. The lowest BCUT2D eigenvalue weighted by atomic mass is 9.98. The van der Waals surface area contributed by atoms with Gasteiger partial charge < -0.3 is 16.2 Å². The molecule has 0 atom stereocenters. The fourth-order valence-electron chi connectivity index (χ4n) is 2.12. The standard InChI is InChI=1S/C17H23N3O2S/c1-17(2,22)9-7-12-3-5-13(6-4-12)15(21)19-10-8-14-11-23-16(18)20-14/h3-6,11,22H,7-10H2,1-2H3,(H2,18,20)(H,19,21). The predicted molar refractivity (Wildman–Crippen MR) is 93.6 cm³/mol. The summed E-state index contributed by atoms with van der Waals surface area (Å²) in [6.45, 7) is 4.12. The Morgan fingerprint density at radius 1 is 1.30 bits per heavy atom. The summed E-state index contributed by atoms with van der Waals surface area (Å²) in [5, 5.41) is 15.1. The molecule has 0 saturated heterocycles. The highest BCUT2D eigenvalue weighted by Gasteiger charge is 2.12. The number of carbonyl (C=O) groups excluding carboxylic acids is 1. The molecule has 0 aliphatic rings. The van der Waals surface area contributed by atoms with Crippen molar-refractivity contribution >= 4 is 22.4 Å². The van der Waals surface area contributed by atoms with Crippen molar-refractivity contribution in [1.82, 2.24) is 10.3 Å². The monoisotopic (exact) mass is 333 g/mol. The zero-order valence-electron chi connectivity index (χ0n) is 13.5. The zero-order valence-corrected chi connectivity index (χ0v) is 14.3. The molecule has 23 heavy (non-hydrogen) atoms. The molecule has 2 aromatic rings. The van der Waals surface area contributed by atoms with Gasteiger partial charge >= 0.3 is 0 Å². The number of anilines is 1. The third-order valence-electron chi connectivity index (χ3n) is 3.48. The van der Waals surface area contributed by atoms with E-state index in [0.29, 0.717) is 30.1 Å². The molecule has 1 aromatic heterocycles. The van der Waals surface area contributed by atoms with E-state index in [1.54, 1.807) is 13.8 Å². The lowest BCUT2D eigenvalue weighted by molar-refractivity contribution is 0.0713. The Balaban J connectivity index is 1.80. The maximum Gasteiger partial charge on any atom is 0.251 e. The highest BCUT2D eigenvalue weighted by Crippen LogP contribution is 2.14. The highest BCUT2D eigenvalue weighted by atomic mass is 32.1. The number of rotatable bonds is 7. The van der Waals surface area contributed by atoms with Crippen LogP contribution < -0.4 is 11.1 Å². The molecule has 6 heteroatoms. The first-order chi connectivity index (χ1) is 10.8. The molecular weight excluding hydrogens is 310 g/mol. The lowest BCUT2D eigenvalue weighted by Gasteiger charge is -2.16. The molecule has 1 amide bonds. The van der Waals surface area contributed by atoms with E-state index in [1.807, 2.05) is 29.6 Å². The number of aryl methyl sites for hydroxylation is 1. The SMILES string of the molecule is CC(C)(O)CCc1ccc(C(=O)NCCc2csc(N)n2)cc1. The minimum absolute atomic E-state index is 0.0951. The minimum atomic E-state index is -0.671. The van der Waals surface area contributed by atoms with Gasteiger partial charge in [0.2, 0.25) is 0 Å². The Morgan fingerprint density at radius 2 is 2.00 bits per heavy atom. The maximum atomic E-state index is 12.1. The topological polar surface area (TPSA) is 88.2 Å². The molecule has 5 nitrogen and oxygen atoms in total. The van der Waals surface area contributed by atoms with Crippen LogP contribution in [0.2, 0.25) is 0 Å². The Hall–Kier alpha value is -1.92. The van der Waals surface area contributed by atoms with Crippen molar-refractivity contribution in [2.75, 3.05) is 12.3 Å². The number of hydrogen-bond donors (Lipinski definition) is 3. The van der Waals surface area contributed by atoms with Crippen LogP contribution in [0.1, 0.15) is 41.9 Å². The van der Waals surface area contributed by atoms with Crippen LogP contribution in [0.25, 0.3) is 0 Å². The normalized spacial score (nSPS) is 11.4. The minimum Gasteiger partial charge on any atom is -0.390 e. The summed E-state index contributed by atoms with van der Waals surface area (Å²) in [6.07, 6.45) is 2.15. The summed E-state index contributed by atoms with van der Waals surface area (Å²) >= 11 is 1.40. The van der Waals surface area contributed by atoms with E-state index >= 15 is 0 Å². The number of thiazole rings is 1. The molecule has 0 fully saturated rings. The van der Waals surface area contributed by atoms with E-state index in [1.165, 1.54) is 11.3 Å². The molecule has 1 aromatic carbocycles. The summed E-state index contributed by atoms with van der Waals surface area (Å²) in [6, 6.07) is 7.50. The van der Waals surface area contributed by atoms with Crippen molar-refractivity contribution in [2.24, 2.45) is 0 Å². The molecule has 2 rings (SSSR count). The number of amides is 1. The number of aliphatic hydroxyl groups is 1. The predicted octanol–water partition coefficient (Wildman–Crippen LogP) is 2.40. The van der Waals surface area contributed by atoms with Gasteiger partial charge in [-0.1, -0.05) is 12.1 Å². The quantitative estimate of drug-likeness (QED) is 0.726. The van der Waals surface area contributed by atoms with Crippen LogP contribution in [0.4, 0.5) is 5.13 Å². The number of nitrogens with zero attached hydrogens (tertiary/aromatic N) is 1. The summed E-state index contributed by atoms with van der Waals surface area (Å²) in [5.41, 5.74) is 7.54. The number of nitrogen functional groups attached to an aromatic ring is 1. The van der Waals surface area contributed by atoms with Gasteiger partial charge in [-0.3, -0.25) is 4.79 Å². The van der Waals surface area contributed by atoms with Crippen molar-refractivity contribution in [3.63, 3.8) is 0 Å². The van der Waals surface area contributed by atoms with E-state index in [-0.39, 0.29) is 5.91 Å². The van der Waals surface area contributed by atoms with Gasteiger partial charge in [-0.25, -0.2) is 4.98 Å². The average molecular weight is 333 g/mol. The van der Waals surface area contributed by atoms with E-state index in [2.05, 4.69) is 10.3 Å². The van der Waals surface area contributed by atoms with Gasteiger partial charge in [0.1, 0.15) is 0 Å². The van der Waals surface area contributed by atoms with Crippen molar-refractivity contribution in [2.45, 2.75) is 38.7 Å². The van der Waals surface area contributed by atoms with Crippen molar-refractivity contribution < 1.29 is 9.90 Å². The van der Waals surface area contributed by atoms with Gasteiger partial charge in [-0.05, 0) is 44.4 Å². The number of hydrogen-bond acceptors (Lipinski definition) is 5. The lowest BCUT2D eigenvalue weighted by Crippen LogP contribution is -2.25. The van der Waals surface area contributed by atoms with E-state index in [4.69, 9.17) is 5.73 Å². The second-order valence-corrected chi connectivity index (χ2v) is 7.08. The van der Waals surface area contributed by atoms with Gasteiger partial charge in [0.25, 0.3) is 5.91 Å². The first kappa shape index (κ1) is 17.4. The third kappa shape index (κ3) is 6.00. The first-order valence-corrected chi connectivity index (χ1v) is 8.51. The van der Waals surface area contributed by atoms with Crippen LogP contribution in [0.5, 0.6) is 0 Å². The van der Waals surface area contributed by atoms with E-state index in [0.717, 1.165) is 17.7 Å². The Morgan fingerprint density at radius 3 is 2.57 bits per heavy atom. The number of aromatic nitrogens is 1. The van der Waals surface area contributed by atoms with E-state index < -0.39 is 5.60 Å². The molecule has 0 aliphatic carbocycles.